The van der Waals surface area contributed by atoms with Crippen molar-refractivity contribution in [3.63, 3.8) is 0 Å². The molecule has 2 aromatic carbocycles. The highest BCUT2D eigenvalue weighted by Gasteiger charge is 2.16. The van der Waals surface area contributed by atoms with Gasteiger partial charge in [0.2, 0.25) is 0 Å². The predicted molar refractivity (Wildman–Crippen MR) is 83.4 cm³/mol. The molecule has 0 aliphatic heterocycles. The second-order valence-electron chi connectivity index (χ2n) is 4.81. The molecule has 0 aliphatic carbocycles. The van der Waals surface area contributed by atoms with E-state index < -0.39 is 15.8 Å². The Morgan fingerprint density at radius 3 is 2.61 bits per heavy atom. The molecule has 0 atom stereocenters. The number of aromatic amines is 1. The molecule has 8 heteroatoms. The fraction of sp³-hybridized carbons (Fsp3) is 0.0667. The minimum absolute atomic E-state index is 0.0196. The van der Waals surface area contributed by atoms with E-state index in [-0.39, 0.29) is 16.9 Å². The molecule has 0 fully saturated rings. The van der Waals surface area contributed by atoms with Gasteiger partial charge in [-0.25, -0.2) is 13.2 Å². The number of H-pyrrole nitrogens is 1. The first-order chi connectivity index (χ1) is 11.0. The largest absolute Gasteiger partial charge is 0.417 e. The molecule has 0 saturated carbocycles. The lowest BCUT2D eigenvalue weighted by Gasteiger charge is -2.08. The number of hydrogen-bond acceptors (Lipinski definition) is 5. The molecule has 116 valence electrons. The molecule has 3 aromatic rings. The van der Waals surface area contributed by atoms with E-state index in [2.05, 4.69) is 9.71 Å². The van der Waals surface area contributed by atoms with Gasteiger partial charge in [0.05, 0.1) is 22.9 Å². The van der Waals surface area contributed by atoms with Crippen LogP contribution in [0.5, 0.6) is 0 Å². The van der Waals surface area contributed by atoms with Gasteiger partial charge < -0.3 is 4.42 Å². The van der Waals surface area contributed by atoms with Crippen LogP contribution >= 0.6 is 0 Å². The number of nitrogens with zero attached hydrogens (tertiary/aromatic N) is 1. The van der Waals surface area contributed by atoms with E-state index in [1.807, 2.05) is 6.07 Å². The highest BCUT2D eigenvalue weighted by molar-refractivity contribution is 7.92. The third kappa shape index (κ3) is 3.09. The van der Waals surface area contributed by atoms with E-state index in [0.29, 0.717) is 11.2 Å². The van der Waals surface area contributed by atoms with Crippen molar-refractivity contribution < 1.29 is 12.8 Å². The van der Waals surface area contributed by atoms with Crippen molar-refractivity contribution in [1.29, 1.82) is 5.26 Å². The molecule has 0 bridgehead atoms. The molecule has 0 amide bonds. The summed E-state index contributed by atoms with van der Waals surface area (Å²) in [4.78, 5) is 13.5. The highest BCUT2D eigenvalue weighted by Crippen LogP contribution is 2.20. The molecule has 1 aromatic heterocycles. The van der Waals surface area contributed by atoms with Gasteiger partial charge in [0.25, 0.3) is 10.0 Å². The van der Waals surface area contributed by atoms with Crippen LogP contribution in [0.4, 0.5) is 5.69 Å². The first-order valence-electron chi connectivity index (χ1n) is 6.59. The van der Waals surface area contributed by atoms with E-state index in [0.717, 1.165) is 5.56 Å². The number of aromatic nitrogens is 1. The van der Waals surface area contributed by atoms with Gasteiger partial charge in [0.15, 0.2) is 5.58 Å². The Kier molecular flexibility index (Phi) is 3.64. The van der Waals surface area contributed by atoms with Crippen LogP contribution < -0.4 is 10.5 Å². The number of anilines is 1. The summed E-state index contributed by atoms with van der Waals surface area (Å²) >= 11 is 0. The van der Waals surface area contributed by atoms with Crippen molar-refractivity contribution in [2.45, 2.75) is 11.3 Å². The summed E-state index contributed by atoms with van der Waals surface area (Å²) in [6, 6.07) is 12.7. The lowest BCUT2D eigenvalue weighted by molar-refractivity contribution is 0.554. The Hall–Kier alpha value is -3.05. The Morgan fingerprint density at radius 1 is 1.17 bits per heavy atom. The van der Waals surface area contributed by atoms with Gasteiger partial charge in [-0.3, -0.25) is 9.71 Å². The second-order valence-corrected chi connectivity index (χ2v) is 6.49. The minimum Gasteiger partial charge on any atom is -0.408 e. The third-order valence-electron chi connectivity index (χ3n) is 3.19. The molecule has 0 aliphatic rings. The van der Waals surface area contributed by atoms with E-state index >= 15 is 0 Å². The zero-order valence-electron chi connectivity index (χ0n) is 11.7. The summed E-state index contributed by atoms with van der Waals surface area (Å²) < 4.78 is 32.0. The Balaban J connectivity index is 1.90. The number of oxazole rings is 1. The maximum Gasteiger partial charge on any atom is 0.417 e. The van der Waals surface area contributed by atoms with Crippen molar-refractivity contribution in [3.05, 3.63) is 58.6 Å². The SMILES string of the molecule is N#CCc1ccc(NS(=O)(=O)c2ccc3[nH]c(=O)oc3c2)cc1. The quantitative estimate of drug-likeness (QED) is 0.759. The van der Waals surface area contributed by atoms with E-state index in [1.54, 1.807) is 24.3 Å². The fourth-order valence-electron chi connectivity index (χ4n) is 2.09. The second kappa shape index (κ2) is 5.62. The zero-order valence-corrected chi connectivity index (χ0v) is 12.6. The molecule has 1 heterocycles. The number of nitrogens with one attached hydrogen (secondary N) is 2. The zero-order chi connectivity index (χ0) is 16.4. The highest BCUT2D eigenvalue weighted by atomic mass is 32.2. The average molecular weight is 329 g/mol. The molecule has 3 rings (SSSR count). The van der Waals surface area contributed by atoms with Crippen molar-refractivity contribution in [2.75, 3.05) is 4.72 Å². The monoisotopic (exact) mass is 329 g/mol. The maximum atomic E-state index is 12.4. The average Bonchev–Trinajstić information content (AvgIpc) is 2.88. The van der Waals surface area contributed by atoms with Gasteiger partial charge in [-0.1, -0.05) is 12.1 Å². The molecule has 23 heavy (non-hydrogen) atoms. The first kappa shape index (κ1) is 14.9. The molecule has 0 radical (unpaired) electrons. The number of hydrogen-bond donors (Lipinski definition) is 2. The van der Waals surface area contributed by atoms with Crippen molar-refractivity contribution in [1.82, 2.24) is 4.98 Å². The summed E-state index contributed by atoms with van der Waals surface area (Å²) in [5.41, 5.74) is 1.77. The molecule has 0 unspecified atom stereocenters. The lowest BCUT2D eigenvalue weighted by Crippen LogP contribution is -2.12. The van der Waals surface area contributed by atoms with Crippen LogP contribution in [-0.4, -0.2) is 13.4 Å². The summed E-state index contributed by atoms with van der Waals surface area (Å²) in [6.07, 6.45) is 0.260. The summed E-state index contributed by atoms with van der Waals surface area (Å²) in [5.74, 6) is -0.643. The van der Waals surface area contributed by atoms with Gasteiger partial charge in [-0.05, 0) is 29.8 Å². The van der Waals surface area contributed by atoms with Crippen LogP contribution in [0.3, 0.4) is 0 Å². The van der Waals surface area contributed by atoms with E-state index in [1.165, 1.54) is 18.2 Å². The molecule has 7 nitrogen and oxygen atoms in total. The fourth-order valence-corrected chi connectivity index (χ4v) is 3.16. The number of fused-ring (bicyclic) bond motifs is 1. The van der Waals surface area contributed by atoms with Crippen LogP contribution in [0, 0.1) is 11.3 Å². The third-order valence-corrected chi connectivity index (χ3v) is 4.57. The predicted octanol–water partition coefficient (Wildman–Crippen LogP) is 1.99. The van der Waals surface area contributed by atoms with Crippen molar-refractivity contribution in [3.8, 4) is 6.07 Å². The summed E-state index contributed by atoms with van der Waals surface area (Å²) in [7, 11) is -3.81. The lowest BCUT2D eigenvalue weighted by atomic mass is 10.1. The molecular formula is C15H11N3O4S. The standard InChI is InChI=1S/C15H11N3O4S/c16-8-7-10-1-3-11(4-2-10)18-23(20,21)12-5-6-13-14(9-12)22-15(19)17-13/h1-6,9,18H,7H2,(H,17,19). The Bertz CT molecular complexity index is 1060. The number of benzene rings is 2. The van der Waals surface area contributed by atoms with Gasteiger partial charge in [-0.15, -0.1) is 0 Å². The van der Waals surface area contributed by atoms with Gasteiger partial charge in [0.1, 0.15) is 0 Å². The smallest absolute Gasteiger partial charge is 0.408 e. The summed E-state index contributed by atoms with van der Waals surface area (Å²) in [6.45, 7) is 0. The number of nitriles is 1. The van der Waals surface area contributed by atoms with Gasteiger partial charge >= 0.3 is 5.76 Å². The number of sulfonamides is 1. The molecular weight excluding hydrogens is 318 g/mol. The summed E-state index contributed by atoms with van der Waals surface area (Å²) in [5, 5.41) is 8.62. The van der Waals surface area contributed by atoms with Crippen LogP contribution in [0.2, 0.25) is 0 Å². The van der Waals surface area contributed by atoms with E-state index in [4.69, 9.17) is 9.68 Å². The Labute approximate surface area is 131 Å². The molecule has 0 saturated heterocycles. The van der Waals surface area contributed by atoms with Crippen LogP contribution in [0.1, 0.15) is 5.56 Å². The number of rotatable bonds is 4. The van der Waals surface area contributed by atoms with E-state index in [9.17, 15) is 13.2 Å². The van der Waals surface area contributed by atoms with Crippen LogP contribution in [-0.2, 0) is 16.4 Å². The van der Waals surface area contributed by atoms with Gasteiger partial charge in [0, 0.05) is 11.8 Å². The molecule has 0 spiro atoms. The maximum absolute atomic E-state index is 12.4. The Morgan fingerprint density at radius 2 is 1.91 bits per heavy atom. The minimum atomic E-state index is -3.81. The normalized spacial score (nSPS) is 11.3. The van der Waals surface area contributed by atoms with Crippen LogP contribution in [0.25, 0.3) is 11.1 Å². The van der Waals surface area contributed by atoms with Crippen LogP contribution in [0.15, 0.2) is 56.6 Å². The van der Waals surface area contributed by atoms with Gasteiger partial charge in [-0.2, -0.15) is 5.26 Å². The van der Waals surface area contributed by atoms with Crippen molar-refractivity contribution >= 4 is 26.8 Å². The topological polar surface area (TPSA) is 116 Å². The molecule has 2 N–H and O–H groups in total. The first-order valence-corrected chi connectivity index (χ1v) is 8.08. The van der Waals surface area contributed by atoms with Crippen molar-refractivity contribution in [2.24, 2.45) is 0 Å².